The molecule has 5 nitrogen and oxygen atoms in total. The number of hydrogen-bond donors (Lipinski definition) is 0. The third-order valence-electron chi connectivity index (χ3n) is 1.78. The van der Waals surface area contributed by atoms with Crippen LogP contribution in [0, 0.1) is 10.1 Å². The van der Waals surface area contributed by atoms with Gasteiger partial charge in [0.05, 0.1) is 6.07 Å². The molecule has 0 saturated heterocycles. The zero-order chi connectivity index (χ0) is 10.1. The normalized spacial score (nSPS) is 10.3. The van der Waals surface area contributed by atoms with Crippen LogP contribution in [0.2, 0.25) is 0 Å². The van der Waals surface area contributed by atoms with E-state index in [1.54, 1.807) is 6.07 Å². The van der Waals surface area contributed by atoms with E-state index in [9.17, 15) is 14.9 Å². The van der Waals surface area contributed by atoms with Crippen LogP contribution in [0.25, 0.3) is 11.3 Å². The van der Waals surface area contributed by atoms with Crippen LogP contribution in [0.15, 0.2) is 39.5 Å². The van der Waals surface area contributed by atoms with Crippen molar-refractivity contribution in [3.8, 4) is 11.3 Å². The lowest BCUT2D eigenvalue weighted by atomic mass is 10.1. The summed E-state index contributed by atoms with van der Waals surface area (Å²) in [7, 11) is 0. The van der Waals surface area contributed by atoms with E-state index in [1.807, 2.05) is 0 Å². The first kappa shape index (κ1) is 8.43. The van der Waals surface area contributed by atoms with Gasteiger partial charge in [0, 0.05) is 11.6 Å². The maximum atomic E-state index is 10.9. The molecule has 14 heavy (non-hydrogen) atoms. The summed E-state index contributed by atoms with van der Waals surface area (Å²) < 4.78 is 4.90. The summed E-state index contributed by atoms with van der Waals surface area (Å²) in [6, 6.07) is 6.96. The Balaban J connectivity index is 2.71. The third kappa shape index (κ3) is 1.35. The number of nitrogens with zero attached hydrogens (tertiary/aromatic N) is 1. The second-order valence-corrected chi connectivity index (χ2v) is 2.73. The van der Waals surface area contributed by atoms with Gasteiger partial charge in [-0.25, -0.2) is 0 Å². The highest BCUT2D eigenvalue weighted by Gasteiger charge is 2.12. The maximum absolute atomic E-state index is 10.9. The van der Waals surface area contributed by atoms with Gasteiger partial charge in [-0.05, 0) is 18.2 Å². The first-order valence-corrected chi connectivity index (χ1v) is 3.85. The quantitative estimate of drug-likeness (QED) is 0.507. The fraction of sp³-hybridized carbons (Fsp3) is 0. The molecule has 1 aliphatic carbocycles. The van der Waals surface area contributed by atoms with Crippen molar-refractivity contribution >= 4 is 5.88 Å². The monoisotopic (exact) mass is 191 g/mol. The Labute approximate surface area is 78.1 Å². The van der Waals surface area contributed by atoms with Gasteiger partial charge in [0.25, 0.3) is 0 Å². The summed E-state index contributed by atoms with van der Waals surface area (Å²) in [6.45, 7) is 0. The predicted molar refractivity (Wildman–Crippen MR) is 48.3 cm³/mol. The Morgan fingerprint density at radius 3 is 2.64 bits per heavy atom. The van der Waals surface area contributed by atoms with E-state index in [4.69, 9.17) is 4.42 Å². The van der Waals surface area contributed by atoms with Gasteiger partial charge in [-0.1, -0.05) is 0 Å². The van der Waals surface area contributed by atoms with E-state index in [0.29, 0.717) is 5.56 Å². The van der Waals surface area contributed by atoms with Crippen molar-refractivity contribution in [1.29, 1.82) is 0 Å². The van der Waals surface area contributed by atoms with Gasteiger partial charge in [0.15, 0.2) is 5.43 Å². The van der Waals surface area contributed by atoms with E-state index in [2.05, 4.69) is 0 Å². The highest BCUT2D eigenvalue weighted by molar-refractivity contribution is 5.59. The first-order chi connectivity index (χ1) is 6.66. The predicted octanol–water partition coefficient (Wildman–Crippen LogP) is 1.65. The molecule has 0 aromatic carbocycles. The van der Waals surface area contributed by atoms with Crippen molar-refractivity contribution in [3.63, 3.8) is 0 Å². The van der Waals surface area contributed by atoms with Crippen LogP contribution < -0.4 is 5.43 Å². The Bertz CT molecular complexity index is 517. The van der Waals surface area contributed by atoms with Gasteiger partial charge in [0.2, 0.25) is 0 Å². The molecule has 0 fully saturated rings. The molecular weight excluding hydrogens is 186 g/mol. The molecule has 5 heteroatoms. The second-order valence-electron chi connectivity index (χ2n) is 2.73. The van der Waals surface area contributed by atoms with Crippen molar-refractivity contribution < 1.29 is 9.34 Å². The summed E-state index contributed by atoms with van der Waals surface area (Å²) in [6.07, 6.45) is 0. The van der Waals surface area contributed by atoms with Crippen LogP contribution in [0.3, 0.4) is 0 Å². The molecule has 0 unspecified atom stereocenters. The summed E-state index contributed by atoms with van der Waals surface area (Å²) in [5.74, 6) is -0.144. The van der Waals surface area contributed by atoms with Crippen LogP contribution in [-0.4, -0.2) is 4.92 Å². The first-order valence-electron chi connectivity index (χ1n) is 3.85. The highest BCUT2D eigenvalue weighted by Crippen LogP contribution is 2.24. The van der Waals surface area contributed by atoms with Crippen LogP contribution in [0.4, 0.5) is 5.88 Å². The molecule has 2 rings (SSSR count). The van der Waals surface area contributed by atoms with E-state index in [-0.39, 0.29) is 17.1 Å². The molecule has 0 N–H and O–H groups in total. The lowest BCUT2D eigenvalue weighted by Crippen LogP contribution is -1.98. The van der Waals surface area contributed by atoms with Crippen molar-refractivity contribution in [2.75, 3.05) is 0 Å². The number of benzene rings is 1. The smallest absolute Gasteiger partial charge is 0.401 e. The summed E-state index contributed by atoms with van der Waals surface area (Å²) in [4.78, 5) is 20.7. The van der Waals surface area contributed by atoms with Gasteiger partial charge in [-0.3, -0.25) is 14.9 Å². The molecule has 0 spiro atoms. The van der Waals surface area contributed by atoms with Crippen molar-refractivity contribution in [1.82, 2.24) is 0 Å². The molecule has 0 atom stereocenters. The SMILES string of the molecule is O=c1ccc2ccc([N+](=O)[O-])oc-2c1. The average Bonchev–Trinajstić information content (AvgIpc) is 2.16. The molecule has 0 amide bonds. The second kappa shape index (κ2) is 2.95. The van der Waals surface area contributed by atoms with Gasteiger partial charge >= 0.3 is 5.88 Å². The van der Waals surface area contributed by atoms with Crippen LogP contribution in [0.5, 0.6) is 0 Å². The van der Waals surface area contributed by atoms with Gasteiger partial charge < -0.3 is 4.42 Å². The van der Waals surface area contributed by atoms with Crippen molar-refractivity contribution in [3.05, 3.63) is 50.7 Å². The van der Waals surface area contributed by atoms with Crippen LogP contribution in [-0.2, 0) is 0 Å². The standard InChI is InChI=1S/C9H5NO4/c11-7-3-1-6-2-4-9(10(12)13)14-8(6)5-7/h1-5H. The zero-order valence-electron chi connectivity index (χ0n) is 6.97. The average molecular weight is 191 g/mol. The van der Waals surface area contributed by atoms with E-state index >= 15 is 0 Å². The molecule has 0 radical (unpaired) electrons. The maximum Gasteiger partial charge on any atom is 0.433 e. The Hall–Kier alpha value is -2.17. The fourth-order valence-corrected chi connectivity index (χ4v) is 1.15. The van der Waals surface area contributed by atoms with Gasteiger partial charge in [-0.15, -0.1) is 0 Å². The van der Waals surface area contributed by atoms with Crippen LogP contribution >= 0.6 is 0 Å². The minimum atomic E-state index is -0.642. The topological polar surface area (TPSA) is 73.3 Å². The molecule has 2 aliphatic rings. The van der Waals surface area contributed by atoms with E-state index in [0.717, 1.165) is 0 Å². The molecule has 0 aromatic rings. The number of hydrogen-bond acceptors (Lipinski definition) is 4. The molecule has 0 saturated carbocycles. The summed E-state index contributed by atoms with van der Waals surface area (Å²) >= 11 is 0. The molecule has 0 bridgehead atoms. The lowest BCUT2D eigenvalue weighted by molar-refractivity contribution is -0.402. The highest BCUT2D eigenvalue weighted by atomic mass is 16.6. The largest absolute Gasteiger partial charge is 0.433 e. The van der Waals surface area contributed by atoms with Crippen molar-refractivity contribution in [2.45, 2.75) is 0 Å². The number of fused-ring (bicyclic) bond motifs is 1. The number of rotatable bonds is 1. The minimum absolute atomic E-state index is 0.228. The summed E-state index contributed by atoms with van der Waals surface area (Å²) in [5.41, 5.74) is 0.428. The van der Waals surface area contributed by atoms with Crippen LogP contribution in [0.1, 0.15) is 0 Å². The third-order valence-corrected chi connectivity index (χ3v) is 1.78. The molecule has 70 valence electrons. The Morgan fingerprint density at radius 2 is 1.93 bits per heavy atom. The number of nitro groups is 1. The molecule has 1 heterocycles. The molecule has 0 aromatic heterocycles. The van der Waals surface area contributed by atoms with E-state index < -0.39 is 4.92 Å². The fourth-order valence-electron chi connectivity index (χ4n) is 1.15. The zero-order valence-corrected chi connectivity index (χ0v) is 6.97. The van der Waals surface area contributed by atoms with Gasteiger partial charge in [0.1, 0.15) is 10.7 Å². The Morgan fingerprint density at radius 1 is 1.21 bits per heavy atom. The molecular formula is C9H5NO4. The van der Waals surface area contributed by atoms with E-state index in [1.165, 1.54) is 24.3 Å². The molecule has 1 aliphatic heterocycles. The van der Waals surface area contributed by atoms with Gasteiger partial charge in [-0.2, -0.15) is 0 Å². The minimum Gasteiger partial charge on any atom is -0.401 e. The van der Waals surface area contributed by atoms with Crippen molar-refractivity contribution in [2.24, 2.45) is 0 Å². The Kier molecular flexibility index (Phi) is 1.78. The summed E-state index contributed by atoms with van der Waals surface area (Å²) in [5, 5.41) is 10.4. The lowest BCUT2D eigenvalue weighted by Gasteiger charge is -2.00.